The van der Waals surface area contributed by atoms with E-state index in [1.54, 1.807) is 24.3 Å². The number of hydrogen-bond acceptors (Lipinski definition) is 3. The molecule has 0 aliphatic rings. The molecule has 88 valence electrons. The minimum Gasteiger partial charge on any atom is -0.379 e. The third kappa shape index (κ3) is 2.18. The number of benzene rings is 1. The molecule has 0 amide bonds. The second kappa shape index (κ2) is 4.61. The zero-order chi connectivity index (χ0) is 12.3. The standard InChI is InChI=1S/C13H13FN2O/c14-12-6-11(7-16-8-12)13(17,9-15)10-4-2-1-3-5-10/h1-8,17H,9,15H2. The summed E-state index contributed by atoms with van der Waals surface area (Å²) in [5.41, 5.74) is 5.19. The lowest BCUT2D eigenvalue weighted by Crippen LogP contribution is -2.36. The molecule has 17 heavy (non-hydrogen) atoms. The molecule has 3 nitrogen and oxygen atoms in total. The highest BCUT2D eigenvalue weighted by molar-refractivity contribution is 5.35. The first-order chi connectivity index (χ1) is 8.16. The lowest BCUT2D eigenvalue weighted by Gasteiger charge is -2.27. The number of rotatable bonds is 3. The summed E-state index contributed by atoms with van der Waals surface area (Å²) in [6.45, 7) is -0.0395. The van der Waals surface area contributed by atoms with Gasteiger partial charge in [0.05, 0.1) is 6.20 Å². The van der Waals surface area contributed by atoms with Crippen LogP contribution in [0.5, 0.6) is 0 Å². The Kier molecular flexibility index (Phi) is 3.17. The first-order valence-electron chi connectivity index (χ1n) is 5.26. The van der Waals surface area contributed by atoms with Gasteiger partial charge in [0.1, 0.15) is 11.4 Å². The molecule has 2 aromatic rings. The maximum absolute atomic E-state index is 13.1. The molecule has 3 N–H and O–H groups in total. The largest absolute Gasteiger partial charge is 0.379 e. The molecule has 1 atom stereocenters. The van der Waals surface area contributed by atoms with E-state index in [9.17, 15) is 9.50 Å². The quantitative estimate of drug-likeness (QED) is 0.841. The Morgan fingerprint density at radius 2 is 1.88 bits per heavy atom. The highest BCUT2D eigenvalue weighted by Crippen LogP contribution is 2.28. The first kappa shape index (κ1) is 11.7. The minimum atomic E-state index is -1.41. The van der Waals surface area contributed by atoms with Crippen LogP contribution < -0.4 is 5.73 Å². The lowest BCUT2D eigenvalue weighted by atomic mass is 9.87. The van der Waals surface area contributed by atoms with Crippen molar-refractivity contribution in [3.63, 3.8) is 0 Å². The van der Waals surface area contributed by atoms with Crippen LogP contribution in [0.1, 0.15) is 11.1 Å². The van der Waals surface area contributed by atoms with Gasteiger partial charge in [-0.2, -0.15) is 0 Å². The average Bonchev–Trinajstić information content (AvgIpc) is 2.39. The molecule has 2 rings (SSSR count). The summed E-state index contributed by atoms with van der Waals surface area (Å²) in [6.07, 6.45) is 2.51. The van der Waals surface area contributed by atoms with Crippen molar-refractivity contribution >= 4 is 0 Å². The Hall–Kier alpha value is -1.78. The van der Waals surface area contributed by atoms with Gasteiger partial charge in [0.2, 0.25) is 0 Å². The van der Waals surface area contributed by atoms with Crippen molar-refractivity contribution in [1.82, 2.24) is 4.98 Å². The molecule has 1 heterocycles. The highest BCUT2D eigenvalue weighted by Gasteiger charge is 2.30. The maximum atomic E-state index is 13.1. The van der Waals surface area contributed by atoms with E-state index in [1.807, 2.05) is 6.07 Å². The zero-order valence-electron chi connectivity index (χ0n) is 9.18. The fourth-order valence-electron chi connectivity index (χ4n) is 1.75. The third-order valence-corrected chi connectivity index (χ3v) is 2.73. The minimum absolute atomic E-state index is 0.0395. The van der Waals surface area contributed by atoms with Gasteiger partial charge in [-0.25, -0.2) is 4.39 Å². The van der Waals surface area contributed by atoms with Crippen molar-refractivity contribution in [3.8, 4) is 0 Å². The van der Waals surface area contributed by atoms with E-state index in [2.05, 4.69) is 4.98 Å². The van der Waals surface area contributed by atoms with Gasteiger partial charge in [0.15, 0.2) is 0 Å². The summed E-state index contributed by atoms with van der Waals surface area (Å²) in [7, 11) is 0. The van der Waals surface area contributed by atoms with E-state index < -0.39 is 11.4 Å². The fourth-order valence-corrected chi connectivity index (χ4v) is 1.75. The molecule has 0 saturated carbocycles. The number of nitrogens with zero attached hydrogens (tertiary/aromatic N) is 1. The van der Waals surface area contributed by atoms with E-state index in [0.29, 0.717) is 11.1 Å². The number of pyridine rings is 1. The van der Waals surface area contributed by atoms with Crippen molar-refractivity contribution in [2.45, 2.75) is 5.60 Å². The summed E-state index contributed by atoms with van der Waals surface area (Å²) in [5, 5.41) is 10.6. The molecule has 0 spiro atoms. The van der Waals surface area contributed by atoms with Crippen LogP contribution in [0.2, 0.25) is 0 Å². The van der Waals surface area contributed by atoms with Crippen molar-refractivity contribution < 1.29 is 9.50 Å². The van der Waals surface area contributed by atoms with Crippen molar-refractivity contribution in [2.24, 2.45) is 5.73 Å². The lowest BCUT2D eigenvalue weighted by molar-refractivity contribution is 0.0894. The molecule has 4 heteroatoms. The van der Waals surface area contributed by atoms with Gasteiger partial charge in [0.25, 0.3) is 0 Å². The van der Waals surface area contributed by atoms with Gasteiger partial charge in [-0.1, -0.05) is 30.3 Å². The molecule has 1 aromatic carbocycles. The molecular weight excluding hydrogens is 219 g/mol. The van der Waals surface area contributed by atoms with Crippen molar-refractivity contribution in [1.29, 1.82) is 0 Å². The molecule has 0 saturated heterocycles. The number of aromatic nitrogens is 1. The van der Waals surface area contributed by atoms with E-state index in [0.717, 1.165) is 6.20 Å². The molecule has 1 unspecified atom stereocenters. The Morgan fingerprint density at radius 3 is 2.47 bits per heavy atom. The first-order valence-corrected chi connectivity index (χ1v) is 5.26. The van der Waals surface area contributed by atoms with Crippen LogP contribution in [0.15, 0.2) is 48.8 Å². The molecule has 0 bridgehead atoms. The van der Waals surface area contributed by atoms with Crippen LogP contribution in [-0.2, 0) is 5.60 Å². The Bertz CT molecular complexity index is 504. The SMILES string of the molecule is NCC(O)(c1ccccc1)c1cncc(F)c1. The number of aliphatic hydroxyl groups is 1. The van der Waals surface area contributed by atoms with Crippen molar-refractivity contribution in [2.75, 3.05) is 6.54 Å². The summed E-state index contributed by atoms with van der Waals surface area (Å²) in [6, 6.07) is 10.2. The van der Waals surface area contributed by atoms with Crippen LogP contribution in [0.25, 0.3) is 0 Å². The van der Waals surface area contributed by atoms with Crippen LogP contribution in [0.3, 0.4) is 0 Å². The fraction of sp³-hybridized carbons (Fsp3) is 0.154. The van der Waals surface area contributed by atoms with E-state index in [4.69, 9.17) is 5.73 Å². The molecule has 0 fully saturated rings. The summed E-state index contributed by atoms with van der Waals surface area (Å²) in [5.74, 6) is -0.495. The van der Waals surface area contributed by atoms with Crippen molar-refractivity contribution in [3.05, 3.63) is 65.7 Å². The predicted molar refractivity (Wildman–Crippen MR) is 62.7 cm³/mol. The molecular formula is C13H13FN2O. The van der Waals surface area contributed by atoms with Gasteiger partial charge in [-0.05, 0) is 11.6 Å². The number of halogens is 1. The van der Waals surface area contributed by atoms with Crippen LogP contribution >= 0.6 is 0 Å². The molecule has 0 aliphatic carbocycles. The maximum Gasteiger partial charge on any atom is 0.141 e. The molecule has 0 aliphatic heterocycles. The van der Waals surface area contributed by atoms with E-state index in [-0.39, 0.29) is 6.54 Å². The van der Waals surface area contributed by atoms with Gasteiger partial charge in [0, 0.05) is 18.3 Å². The predicted octanol–water partition coefficient (Wildman–Crippen LogP) is 1.42. The summed E-state index contributed by atoms with van der Waals surface area (Å²) in [4.78, 5) is 3.73. The average molecular weight is 232 g/mol. The van der Waals surface area contributed by atoms with E-state index >= 15 is 0 Å². The van der Waals surface area contributed by atoms with Gasteiger partial charge >= 0.3 is 0 Å². The van der Waals surface area contributed by atoms with Crippen LogP contribution in [0, 0.1) is 5.82 Å². The summed E-state index contributed by atoms with van der Waals surface area (Å²) < 4.78 is 13.1. The molecule has 0 radical (unpaired) electrons. The van der Waals surface area contributed by atoms with Gasteiger partial charge in [-0.3, -0.25) is 4.98 Å². The topological polar surface area (TPSA) is 59.1 Å². The van der Waals surface area contributed by atoms with Gasteiger partial charge < -0.3 is 10.8 Å². The second-order valence-corrected chi connectivity index (χ2v) is 3.82. The third-order valence-electron chi connectivity index (χ3n) is 2.73. The second-order valence-electron chi connectivity index (χ2n) is 3.82. The van der Waals surface area contributed by atoms with Crippen LogP contribution in [0.4, 0.5) is 4.39 Å². The monoisotopic (exact) mass is 232 g/mol. The Labute approximate surface area is 98.7 Å². The van der Waals surface area contributed by atoms with E-state index in [1.165, 1.54) is 12.3 Å². The smallest absolute Gasteiger partial charge is 0.141 e. The zero-order valence-corrected chi connectivity index (χ0v) is 9.18. The Morgan fingerprint density at radius 1 is 1.18 bits per heavy atom. The number of nitrogens with two attached hydrogens (primary N) is 1. The summed E-state index contributed by atoms with van der Waals surface area (Å²) >= 11 is 0. The normalized spacial score (nSPS) is 14.3. The Balaban J connectivity index is 2.52. The van der Waals surface area contributed by atoms with Gasteiger partial charge in [-0.15, -0.1) is 0 Å². The number of hydrogen-bond donors (Lipinski definition) is 2. The van der Waals surface area contributed by atoms with Crippen LogP contribution in [-0.4, -0.2) is 16.6 Å². The molecule has 1 aromatic heterocycles. The highest BCUT2D eigenvalue weighted by atomic mass is 19.1.